The van der Waals surface area contributed by atoms with Gasteiger partial charge in [0.05, 0.1) is 5.56 Å². The van der Waals surface area contributed by atoms with Gasteiger partial charge in [0.15, 0.2) is 5.78 Å². The first kappa shape index (κ1) is 19.1. The van der Waals surface area contributed by atoms with Gasteiger partial charge >= 0.3 is 11.9 Å². The summed E-state index contributed by atoms with van der Waals surface area (Å²) in [4.78, 5) is 42.0. The number of aromatic amines is 2. The topological polar surface area (TPSA) is 86.0 Å². The van der Waals surface area contributed by atoms with Crippen LogP contribution in [-0.2, 0) is 12.7 Å². The minimum Gasteiger partial charge on any atom is -0.314 e. The molecule has 144 valence electrons. The Morgan fingerprint density at radius 3 is 2.52 bits per heavy atom. The summed E-state index contributed by atoms with van der Waals surface area (Å²) >= 11 is 0. The van der Waals surface area contributed by atoms with Crippen LogP contribution in [0.2, 0.25) is 0 Å². The number of ketones is 1. The predicted molar refractivity (Wildman–Crippen MR) is 91.5 cm³/mol. The molecule has 27 heavy (non-hydrogen) atoms. The summed E-state index contributed by atoms with van der Waals surface area (Å²) in [6.45, 7) is 1.37. The Morgan fingerprint density at radius 1 is 1.19 bits per heavy atom. The van der Waals surface area contributed by atoms with Gasteiger partial charge in [0.25, 0.3) is 5.56 Å². The average Bonchev–Trinajstić information content (AvgIpc) is 2.63. The second kappa shape index (κ2) is 7.51. The third kappa shape index (κ3) is 4.54. The van der Waals surface area contributed by atoms with Gasteiger partial charge in [-0.15, -0.1) is 0 Å². The van der Waals surface area contributed by atoms with Crippen LogP contribution in [0.1, 0.15) is 34.3 Å². The summed E-state index contributed by atoms with van der Waals surface area (Å²) in [6, 6.07) is 4.23. The molecule has 1 unspecified atom stereocenters. The van der Waals surface area contributed by atoms with E-state index >= 15 is 0 Å². The number of carbonyl (C=O) groups is 1. The molecule has 0 amide bonds. The second-order valence-electron chi connectivity index (χ2n) is 6.61. The first-order chi connectivity index (χ1) is 12.7. The molecule has 2 N–H and O–H groups in total. The lowest BCUT2D eigenvalue weighted by molar-refractivity contribution is -0.137. The largest absolute Gasteiger partial charge is 0.416 e. The molecule has 1 saturated heterocycles. The smallest absolute Gasteiger partial charge is 0.314 e. The summed E-state index contributed by atoms with van der Waals surface area (Å²) in [7, 11) is 0. The molecule has 1 atom stereocenters. The fraction of sp³-hybridized carbons (Fsp3) is 0.389. The highest BCUT2D eigenvalue weighted by Gasteiger charge is 2.31. The number of H-pyrrole nitrogens is 2. The first-order valence-electron chi connectivity index (χ1n) is 8.49. The van der Waals surface area contributed by atoms with Crippen LogP contribution in [0.4, 0.5) is 13.2 Å². The number of benzene rings is 1. The van der Waals surface area contributed by atoms with Gasteiger partial charge in [-0.25, -0.2) is 4.79 Å². The summed E-state index contributed by atoms with van der Waals surface area (Å²) in [5, 5.41) is 0. The molecule has 0 bridgehead atoms. The zero-order valence-electron chi connectivity index (χ0n) is 14.3. The highest BCUT2D eigenvalue weighted by atomic mass is 19.4. The van der Waals surface area contributed by atoms with Crippen molar-refractivity contribution >= 4 is 5.78 Å². The van der Waals surface area contributed by atoms with Gasteiger partial charge in [0.2, 0.25) is 0 Å². The van der Waals surface area contributed by atoms with E-state index in [-0.39, 0.29) is 23.8 Å². The SMILES string of the molecule is O=C(c1ccc(C(F)(F)F)cc1)C1CCCN(Cc2c[nH]c(=O)[nH]c2=O)C1. The Hall–Kier alpha value is -2.68. The minimum atomic E-state index is -4.44. The number of hydrogen-bond acceptors (Lipinski definition) is 4. The van der Waals surface area contributed by atoms with Gasteiger partial charge in [-0.1, -0.05) is 12.1 Å². The van der Waals surface area contributed by atoms with Gasteiger partial charge in [0.1, 0.15) is 0 Å². The Balaban J connectivity index is 1.69. The van der Waals surface area contributed by atoms with Gasteiger partial charge in [-0.3, -0.25) is 19.5 Å². The van der Waals surface area contributed by atoms with E-state index in [1.165, 1.54) is 18.3 Å². The van der Waals surface area contributed by atoms with Crippen molar-refractivity contribution in [3.05, 3.63) is 68.0 Å². The number of Topliss-reactive ketones (excluding diaryl/α,β-unsaturated/α-hetero) is 1. The summed E-state index contributed by atoms with van der Waals surface area (Å²) in [5.74, 6) is -0.555. The van der Waals surface area contributed by atoms with Crippen molar-refractivity contribution < 1.29 is 18.0 Å². The van der Waals surface area contributed by atoms with Crippen molar-refractivity contribution in [2.75, 3.05) is 13.1 Å². The fourth-order valence-electron chi connectivity index (χ4n) is 3.27. The second-order valence-corrected chi connectivity index (χ2v) is 6.61. The lowest BCUT2D eigenvalue weighted by atomic mass is 9.89. The van der Waals surface area contributed by atoms with E-state index in [0.717, 1.165) is 18.6 Å². The first-order valence-corrected chi connectivity index (χ1v) is 8.49. The van der Waals surface area contributed by atoms with Crippen LogP contribution >= 0.6 is 0 Å². The number of nitrogens with zero attached hydrogens (tertiary/aromatic N) is 1. The highest BCUT2D eigenvalue weighted by molar-refractivity contribution is 5.98. The normalized spacial score (nSPS) is 18.4. The maximum atomic E-state index is 12.6. The van der Waals surface area contributed by atoms with Gasteiger partial charge < -0.3 is 4.98 Å². The van der Waals surface area contributed by atoms with Crippen LogP contribution in [0, 0.1) is 5.92 Å². The zero-order chi connectivity index (χ0) is 19.6. The molecule has 0 aliphatic carbocycles. The molecular formula is C18H18F3N3O3. The summed E-state index contributed by atoms with van der Waals surface area (Å²) in [5.41, 5.74) is -1.22. The lowest BCUT2D eigenvalue weighted by Crippen LogP contribution is -2.40. The Kier molecular flexibility index (Phi) is 5.31. The van der Waals surface area contributed by atoms with Crippen LogP contribution in [-0.4, -0.2) is 33.7 Å². The number of carbonyl (C=O) groups excluding carboxylic acids is 1. The van der Waals surface area contributed by atoms with E-state index in [0.29, 0.717) is 25.1 Å². The quantitative estimate of drug-likeness (QED) is 0.795. The number of aromatic nitrogens is 2. The molecule has 1 fully saturated rings. The molecule has 3 rings (SSSR count). The van der Waals surface area contributed by atoms with Crippen molar-refractivity contribution in [2.45, 2.75) is 25.6 Å². The van der Waals surface area contributed by atoms with E-state index < -0.39 is 23.0 Å². The summed E-state index contributed by atoms with van der Waals surface area (Å²) < 4.78 is 37.9. The molecule has 2 heterocycles. The van der Waals surface area contributed by atoms with Crippen LogP contribution < -0.4 is 11.2 Å². The molecule has 0 spiro atoms. The van der Waals surface area contributed by atoms with Crippen molar-refractivity contribution in [3.63, 3.8) is 0 Å². The molecule has 2 aromatic rings. The van der Waals surface area contributed by atoms with Gasteiger partial charge in [-0.05, 0) is 31.5 Å². The average molecular weight is 381 g/mol. The Bertz CT molecular complexity index is 932. The Labute approximate surface area is 152 Å². The summed E-state index contributed by atoms with van der Waals surface area (Å²) in [6.07, 6.45) is -1.72. The predicted octanol–water partition coefficient (Wildman–Crippen LogP) is 2.18. The number of alkyl halides is 3. The molecule has 1 aromatic heterocycles. The maximum Gasteiger partial charge on any atom is 0.416 e. The monoisotopic (exact) mass is 381 g/mol. The lowest BCUT2D eigenvalue weighted by Gasteiger charge is -2.31. The standard InChI is InChI=1S/C18H18F3N3O3/c19-18(20,21)14-5-3-11(4-6-14)15(25)12-2-1-7-24(9-12)10-13-8-22-17(27)23-16(13)26/h3-6,8,12H,1-2,7,9-10H2,(H2,22,23,26,27). The van der Waals surface area contributed by atoms with Gasteiger partial charge in [-0.2, -0.15) is 13.2 Å². The number of likely N-dealkylation sites (tertiary alicyclic amines) is 1. The molecule has 9 heteroatoms. The Morgan fingerprint density at radius 2 is 1.89 bits per heavy atom. The van der Waals surface area contributed by atoms with E-state index in [1.807, 2.05) is 4.90 Å². The number of halogens is 3. The van der Waals surface area contributed by atoms with Crippen molar-refractivity contribution in [3.8, 4) is 0 Å². The van der Waals surface area contributed by atoms with Crippen molar-refractivity contribution in [2.24, 2.45) is 5.92 Å². The van der Waals surface area contributed by atoms with Crippen LogP contribution in [0.25, 0.3) is 0 Å². The molecule has 0 radical (unpaired) electrons. The van der Waals surface area contributed by atoms with Gasteiger partial charge in [0, 0.05) is 36.3 Å². The van der Waals surface area contributed by atoms with Crippen LogP contribution in [0.5, 0.6) is 0 Å². The molecule has 6 nitrogen and oxygen atoms in total. The van der Waals surface area contributed by atoms with Crippen LogP contribution in [0.15, 0.2) is 40.1 Å². The third-order valence-electron chi connectivity index (χ3n) is 4.66. The number of nitrogens with one attached hydrogen (secondary N) is 2. The minimum absolute atomic E-state index is 0.205. The number of rotatable bonds is 4. The third-order valence-corrected chi connectivity index (χ3v) is 4.66. The maximum absolute atomic E-state index is 12.6. The molecule has 0 saturated carbocycles. The molecular weight excluding hydrogens is 363 g/mol. The number of hydrogen-bond donors (Lipinski definition) is 2. The zero-order valence-corrected chi connectivity index (χ0v) is 14.3. The van der Waals surface area contributed by atoms with E-state index in [1.54, 1.807) is 0 Å². The van der Waals surface area contributed by atoms with Crippen molar-refractivity contribution in [1.29, 1.82) is 0 Å². The fourth-order valence-corrected chi connectivity index (χ4v) is 3.27. The van der Waals surface area contributed by atoms with Crippen molar-refractivity contribution in [1.82, 2.24) is 14.9 Å². The molecule has 1 aromatic carbocycles. The highest BCUT2D eigenvalue weighted by Crippen LogP contribution is 2.30. The number of piperidine rings is 1. The van der Waals surface area contributed by atoms with E-state index in [2.05, 4.69) is 9.97 Å². The molecule has 1 aliphatic rings. The van der Waals surface area contributed by atoms with E-state index in [9.17, 15) is 27.6 Å². The van der Waals surface area contributed by atoms with E-state index in [4.69, 9.17) is 0 Å². The molecule has 1 aliphatic heterocycles. The van der Waals surface area contributed by atoms with Crippen LogP contribution in [0.3, 0.4) is 0 Å².